The lowest BCUT2D eigenvalue weighted by atomic mass is 9.96. The van der Waals surface area contributed by atoms with Crippen LogP contribution in [-0.2, 0) is 0 Å². The van der Waals surface area contributed by atoms with Crippen LogP contribution in [0.3, 0.4) is 0 Å². The van der Waals surface area contributed by atoms with Crippen molar-refractivity contribution < 1.29 is 20.1 Å². The molecule has 5 N–H and O–H groups in total. The number of nitrogens with two attached hydrogens (primary N) is 1. The Morgan fingerprint density at radius 2 is 2.06 bits per heavy atom. The summed E-state index contributed by atoms with van der Waals surface area (Å²) >= 11 is 0. The zero-order chi connectivity index (χ0) is 12.1. The van der Waals surface area contributed by atoms with Crippen LogP contribution in [0.5, 0.6) is 5.75 Å². The summed E-state index contributed by atoms with van der Waals surface area (Å²) in [6.45, 7) is 0.211. The van der Waals surface area contributed by atoms with Gasteiger partial charge in [0.15, 0.2) is 6.29 Å². The van der Waals surface area contributed by atoms with Crippen LogP contribution in [0.15, 0.2) is 18.2 Å². The molecule has 1 aromatic rings. The van der Waals surface area contributed by atoms with E-state index in [1.54, 1.807) is 0 Å². The monoisotopic (exact) mass is 225 g/mol. The van der Waals surface area contributed by atoms with Crippen molar-refractivity contribution in [3.63, 3.8) is 0 Å². The van der Waals surface area contributed by atoms with Crippen molar-refractivity contribution in [2.75, 3.05) is 6.54 Å². The lowest BCUT2D eigenvalue weighted by Crippen LogP contribution is -2.22. The molecule has 0 saturated carbocycles. The average molecular weight is 225 g/mol. The van der Waals surface area contributed by atoms with E-state index >= 15 is 0 Å². The molecule has 0 fully saturated rings. The van der Waals surface area contributed by atoms with E-state index in [2.05, 4.69) is 0 Å². The molecule has 1 aromatic carbocycles. The van der Waals surface area contributed by atoms with Gasteiger partial charge in [0, 0.05) is 11.1 Å². The predicted molar refractivity (Wildman–Crippen MR) is 58.1 cm³/mol. The second-order valence-electron chi connectivity index (χ2n) is 3.49. The molecule has 0 aliphatic carbocycles. The first-order valence-corrected chi connectivity index (χ1v) is 4.95. The predicted octanol–water partition coefficient (Wildman–Crippen LogP) is -0.0522. The first-order chi connectivity index (χ1) is 7.61. The van der Waals surface area contributed by atoms with Gasteiger partial charge in [-0.1, -0.05) is 12.1 Å². The highest BCUT2D eigenvalue weighted by Gasteiger charge is 2.23. The third kappa shape index (κ3) is 2.57. The molecule has 2 unspecified atom stereocenters. The first-order valence-electron chi connectivity index (χ1n) is 4.95. The fourth-order valence-electron chi connectivity index (χ4n) is 1.52. The van der Waals surface area contributed by atoms with Crippen LogP contribution in [0.4, 0.5) is 0 Å². The van der Waals surface area contributed by atoms with Gasteiger partial charge >= 0.3 is 0 Å². The number of phenols is 1. The number of aromatic hydroxyl groups is 1. The van der Waals surface area contributed by atoms with Crippen molar-refractivity contribution in [1.29, 1.82) is 0 Å². The summed E-state index contributed by atoms with van der Waals surface area (Å²) in [5.41, 5.74) is 5.45. The quantitative estimate of drug-likeness (QED) is 0.526. The van der Waals surface area contributed by atoms with Gasteiger partial charge in [0.25, 0.3) is 0 Å². The van der Waals surface area contributed by atoms with E-state index in [4.69, 9.17) is 5.73 Å². The number of rotatable bonds is 5. The molecular formula is C11H15NO4. The lowest BCUT2D eigenvalue weighted by molar-refractivity contribution is 0.0134. The molecule has 16 heavy (non-hydrogen) atoms. The third-order valence-electron chi connectivity index (χ3n) is 2.37. The van der Waals surface area contributed by atoms with E-state index in [1.807, 2.05) is 0 Å². The SMILES string of the molecule is NCCC(O)C(O)c1c(O)cccc1C=O. The molecule has 5 heteroatoms. The summed E-state index contributed by atoms with van der Waals surface area (Å²) in [4.78, 5) is 10.7. The van der Waals surface area contributed by atoms with Crippen LogP contribution in [-0.4, -0.2) is 34.3 Å². The summed E-state index contributed by atoms with van der Waals surface area (Å²) in [6.07, 6.45) is -1.71. The summed E-state index contributed by atoms with van der Waals surface area (Å²) in [5, 5.41) is 28.9. The maximum atomic E-state index is 10.7. The minimum atomic E-state index is -1.31. The van der Waals surface area contributed by atoms with Gasteiger partial charge in [-0.3, -0.25) is 4.79 Å². The number of aliphatic hydroxyl groups excluding tert-OH is 2. The number of phenolic OH excluding ortho intramolecular Hbond substituents is 1. The van der Waals surface area contributed by atoms with Crippen molar-refractivity contribution in [2.45, 2.75) is 18.6 Å². The fourth-order valence-corrected chi connectivity index (χ4v) is 1.52. The Kier molecular flexibility index (Phi) is 4.42. The van der Waals surface area contributed by atoms with Gasteiger partial charge < -0.3 is 21.1 Å². The van der Waals surface area contributed by atoms with Gasteiger partial charge in [-0.2, -0.15) is 0 Å². The van der Waals surface area contributed by atoms with Crippen molar-refractivity contribution in [2.24, 2.45) is 5.73 Å². The summed E-state index contributed by atoms with van der Waals surface area (Å²) < 4.78 is 0. The van der Waals surface area contributed by atoms with Crippen molar-refractivity contribution >= 4 is 6.29 Å². The fraction of sp³-hybridized carbons (Fsp3) is 0.364. The normalized spacial score (nSPS) is 14.4. The van der Waals surface area contributed by atoms with E-state index < -0.39 is 12.2 Å². The highest BCUT2D eigenvalue weighted by atomic mass is 16.3. The van der Waals surface area contributed by atoms with Crippen LogP contribution in [0, 0.1) is 0 Å². The standard InChI is InChI=1S/C11H15NO4/c12-5-4-9(15)11(16)10-7(6-13)2-1-3-8(10)14/h1-3,6,9,11,14-16H,4-5,12H2. The summed E-state index contributed by atoms with van der Waals surface area (Å²) in [6, 6.07) is 4.30. The first kappa shape index (κ1) is 12.6. The number of hydrogen-bond acceptors (Lipinski definition) is 5. The van der Waals surface area contributed by atoms with Crippen molar-refractivity contribution in [3.05, 3.63) is 29.3 Å². The Hall–Kier alpha value is -1.43. The number of aldehydes is 1. The molecule has 0 amide bonds. The Balaban J connectivity index is 3.06. The Labute approximate surface area is 93.1 Å². The van der Waals surface area contributed by atoms with Crippen LogP contribution in [0.25, 0.3) is 0 Å². The van der Waals surface area contributed by atoms with Gasteiger partial charge in [0.2, 0.25) is 0 Å². The van der Waals surface area contributed by atoms with E-state index in [-0.39, 0.29) is 29.8 Å². The van der Waals surface area contributed by atoms with Gasteiger partial charge in [-0.25, -0.2) is 0 Å². The smallest absolute Gasteiger partial charge is 0.150 e. The van der Waals surface area contributed by atoms with E-state index in [0.29, 0.717) is 6.29 Å². The van der Waals surface area contributed by atoms with E-state index in [0.717, 1.165) is 0 Å². The molecular weight excluding hydrogens is 210 g/mol. The molecule has 0 aliphatic heterocycles. The molecule has 88 valence electrons. The molecule has 2 atom stereocenters. The molecule has 5 nitrogen and oxygen atoms in total. The minimum absolute atomic E-state index is 0.0402. The summed E-state index contributed by atoms with van der Waals surface area (Å²) in [7, 11) is 0. The largest absolute Gasteiger partial charge is 0.508 e. The average Bonchev–Trinajstić information content (AvgIpc) is 2.28. The molecule has 0 spiro atoms. The second-order valence-corrected chi connectivity index (χ2v) is 3.49. The van der Waals surface area contributed by atoms with Crippen LogP contribution in [0.1, 0.15) is 28.4 Å². The zero-order valence-electron chi connectivity index (χ0n) is 8.71. The van der Waals surface area contributed by atoms with Gasteiger partial charge in [-0.15, -0.1) is 0 Å². The molecule has 1 rings (SSSR count). The lowest BCUT2D eigenvalue weighted by Gasteiger charge is -2.19. The third-order valence-corrected chi connectivity index (χ3v) is 2.37. The van der Waals surface area contributed by atoms with Gasteiger partial charge in [0.1, 0.15) is 11.9 Å². The number of carbonyl (C=O) groups excluding carboxylic acids is 1. The van der Waals surface area contributed by atoms with Gasteiger partial charge in [0.05, 0.1) is 6.10 Å². The van der Waals surface area contributed by atoms with E-state index in [1.165, 1.54) is 18.2 Å². The molecule has 0 aliphatic rings. The van der Waals surface area contributed by atoms with Crippen LogP contribution < -0.4 is 5.73 Å². The molecule has 0 bridgehead atoms. The molecule has 0 aromatic heterocycles. The molecule has 0 saturated heterocycles. The topological polar surface area (TPSA) is 104 Å². The Morgan fingerprint density at radius 3 is 2.62 bits per heavy atom. The molecule has 0 heterocycles. The van der Waals surface area contributed by atoms with Crippen LogP contribution >= 0.6 is 0 Å². The number of aliphatic hydroxyl groups is 2. The van der Waals surface area contributed by atoms with E-state index in [9.17, 15) is 20.1 Å². The maximum Gasteiger partial charge on any atom is 0.150 e. The molecule has 0 radical (unpaired) electrons. The number of hydrogen-bond donors (Lipinski definition) is 4. The van der Waals surface area contributed by atoms with Crippen molar-refractivity contribution in [3.8, 4) is 5.75 Å². The highest BCUT2D eigenvalue weighted by molar-refractivity contribution is 5.79. The maximum absolute atomic E-state index is 10.7. The Morgan fingerprint density at radius 1 is 1.38 bits per heavy atom. The van der Waals surface area contributed by atoms with Crippen molar-refractivity contribution in [1.82, 2.24) is 0 Å². The number of benzene rings is 1. The number of carbonyl (C=O) groups is 1. The second kappa shape index (κ2) is 5.60. The minimum Gasteiger partial charge on any atom is -0.508 e. The zero-order valence-corrected chi connectivity index (χ0v) is 8.71. The summed E-state index contributed by atoms with van der Waals surface area (Å²) in [5.74, 6) is -0.215. The van der Waals surface area contributed by atoms with Crippen LogP contribution in [0.2, 0.25) is 0 Å². The Bertz CT molecular complexity index is 367. The van der Waals surface area contributed by atoms with Gasteiger partial charge in [-0.05, 0) is 19.0 Å². The highest BCUT2D eigenvalue weighted by Crippen LogP contribution is 2.29.